The molecule has 1 fully saturated rings. The smallest absolute Gasteiger partial charge is 0.227 e. The van der Waals surface area contributed by atoms with Crippen molar-refractivity contribution in [1.82, 2.24) is 9.97 Å². The molecule has 110 valence electrons. The second kappa shape index (κ2) is 5.68. The highest BCUT2D eigenvalue weighted by Crippen LogP contribution is 2.40. The van der Waals surface area contributed by atoms with Gasteiger partial charge in [-0.1, -0.05) is 6.07 Å². The van der Waals surface area contributed by atoms with Gasteiger partial charge in [-0.15, -0.1) is 0 Å². The maximum atomic E-state index is 13.3. The van der Waals surface area contributed by atoms with Gasteiger partial charge in [0.05, 0.1) is 5.56 Å². The van der Waals surface area contributed by atoms with Crippen molar-refractivity contribution in [2.75, 3.05) is 11.9 Å². The highest BCUT2D eigenvalue weighted by atomic mass is 19.1. The molecule has 5 heteroatoms. The van der Waals surface area contributed by atoms with E-state index in [1.54, 1.807) is 12.1 Å². The molecular weight excluding hydrogens is 269 g/mol. The normalized spacial score (nSPS) is 14.0. The Balaban J connectivity index is 1.95. The molecule has 0 aliphatic heterocycles. The topological polar surface area (TPSA) is 47.0 Å². The molecule has 4 nitrogen and oxygen atoms in total. The van der Waals surface area contributed by atoms with Gasteiger partial charge in [-0.2, -0.15) is 4.98 Å². The van der Waals surface area contributed by atoms with Crippen molar-refractivity contribution in [2.24, 2.45) is 0 Å². The molecular formula is C16H18FN3O. The third-order valence-electron chi connectivity index (χ3n) is 3.42. The minimum absolute atomic E-state index is 0.325. The molecule has 1 aliphatic carbocycles. The second-order valence-corrected chi connectivity index (χ2v) is 5.22. The van der Waals surface area contributed by atoms with Gasteiger partial charge in [0.2, 0.25) is 5.88 Å². The zero-order chi connectivity index (χ0) is 14.8. The van der Waals surface area contributed by atoms with Crippen molar-refractivity contribution in [2.45, 2.75) is 32.6 Å². The number of anilines is 1. The Morgan fingerprint density at radius 2 is 2.14 bits per heavy atom. The van der Waals surface area contributed by atoms with E-state index in [1.165, 1.54) is 12.1 Å². The molecule has 1 heterocycles. The summed E-state index contributed by atoms with van der Waals surface area (Å²) in [5.74, 6) is 2.64. The fraction of sp³-hybridized carbons (Fsp3) is 0.375. The first-order valence-electron chi connectivity index (χ1n) is 7.23. The lowest BCUT2D eigenvalue weighted by Crippen LogP contribution is -2.07. The number of halogens is 1. The number of rotatable bonds is 5. The lowest BCUT2D eigenvalue weighted by molar-refractivity contribution is 0.450. The highest BCUT2D eigenvalue weighted by molar-refractivity contribution is 5.50. The van der Waals surface area contributed by atoms with E-state index in [0.717, 1.165) is 36.6 Å². The Morgan fingerprint density at radius 3 is 2.81 bits per heavy atom. The predicted octanol–water partition coefficient (Wildman–Crippen LogP) is 4.03. The molecule has 2 aromatic rings. The molecule has 1 aliphatic rings. The summed E-state index contributed by atoms with van der Waals surface area (Å²) in [5.41, 5.74) is 0.838. The van der Waals surface area contributed by atoms with Crippen LogP contribution in [0.5, 0.6) is 11.6 Å². The summed E-state index contributed by atoms with van der Waals surface area (Å²) in [4.78, 5) is 9.07. The first kappa shape index (κ1) is 13.8. The number of nitrogens with zero attached hydrogens (tertiary/aromatic N) is 2. The summed E-state index contributed by atoms with van der Waals surface area (Å²) < 4.78 is 19.0. The standard InChI is InChI=1S/C16H18FN3O/c1-3-18-14-10(2)16(20-15(19-14)11-7-8-11)21-13-6-4-5-12(17)9-13/h4-6,9,11H,3,7-8H2,1-2H3,(H,18,19,20). The Hall–Kier alpha value is -2.17. The average Bonchev–Trinajstić information content (AvgIpc) is 3.28. The predicted molar refractivity (Wildman–Crippen MR) is 79.4 cm³/mol. The second-order valence-electron chi connectivity index (χ2n) is 5.22. The Bertz CT molecular complexity index is 656. The van der Waals surface area contributed by atoms with Gasteiger partial charge in [0.1, 0.15) is 23.2 Å². The zero-order valence-corrected chi connectivity index (χ0v) is 12.2. The van der Waals surface area contributed by atoms with Gasteiger partial charge >= 0.3 is 0 Å². The van der Waals surface area contributed by atoms with E-state index in [-0.39, 0.29) is 5.82 Å². The van der Waals surface area contributed by atoms with Crippen LogP contribution in [0.1, 0.15) is 37.1 Å². The van der Waals surface area contributed by atoms with Gasteiger partial charge in [-0.05, 0) is 38.8 Å². The maximum Gasteiger partial charge on any atom is 0.227 e. The van der Waals surface area contributed by atoms with Gasteiger partial charge < -0.3 is 10.1 Å². The highest BCUT2D eigenvalue weighted by Gasteiger charge is 2.28. The van der Waals surface area contributed by atoms with Crippen molar-refractivity contribution in [3.05, 3.63) is 41.5 Å². The lowest BCUT2D eigenvalue weighted by Gasteiger charge is -2.13. The molecule has 1 N–H and O–H groups in total. The van der Waals surface area contributed by atoms with Crippen LogP contribution in [0.25, 0.3) is 0 Å². The Morgan fingerprint density at radius 1 is 1.33 bits per heavy atom. The Kier molecular flexibility index (Phi) is 3.73. The number of nitrogens with one attached hydrogen (secondary N) is 1. The van der Waals surface area contributed by atoms with Crippen molar-refractivity contribution in [3.63, 3.8) is 0 Å². The van der Waals surface area contributed by atoms with Gasteiger partial charge in [-0.25, -0.2) is 9.37 Å². The fourth-order valence-corrected chi connectivity index (χ4v) is 2.12. The molecule has 0 radical (unpaired) electrons. The summed E-state index contributed by atoms with van der Waals surface area (Å²) in [5, 5.41) is 3.23. The van der Waals surface area contributed by atoms with E-state index < -0.39 is 0 Å². The van der Waals surface area contributed by atoms with E-state index >= 15 is 0 Å². The maximum absolute atomic E-state index is 13.3. The molecule has 0 saturated heterocycles. The molecule has 3 rings (SSSR count). The van der Waals surface area contributed by atoms with E-state index in [0.29, 0.717) is 17.5 Å². The largest absolute Gasteiger partial charge is 0.438 e. The van der Waals surface area contributed by atoms with Gasteiger partial charge in [0.25, 0.3) is 0 Å². The fourth-order valence-electron chi connectivity index (χ4n) is 2.12. The van der Waals surface area contributed by atoms with E-state index in [2.05, 4.69) is 15.3 Å². The third-order valence-corrected chi connectivity index (χ3v) is 3.42. The van der Waals surface area contributed by atoms with Gasteiger partial charge in [0.15, 0.2) is 0 Å². The number of benzene rings is 1. The van der Waals surface area contributed by atoms with Crippen molar-refractivity contribution in [1.29, 1.82) is 0 Å². The summed E-state index contributed by atoms with van der Waals surface area (Å²) >= 11 is 0. The monoisotopic (exact) mass is 287 g/mol. The number of hydrogen-bond acceptors (Lipinski definition) is 4. The van der Waals surface area contributed by atoms with E-state index in [4.69, 9.17) is 4.74 Å². The van der Waals surface area contributed by atoms with Crippen LogP contribution in [0.4, 0.5) is 10.2 Å². The number of hydrogen-bond donors (Lipinski definition) is 1. The molecule has 1 aromatic heterocycles. The van der Waals surface area contributed by atoms with Gasteiger partial charge in [0, 0.05) is 18.5 Å². The van der Waals surface area contributed by atoms with Crippen molar-refractivity contribution in [3.8, 4) is 11.6 Å². The molecule has 0 amide bonds. The molecule has 0 atom stereocenters. The third kappa shape index (κ3) is 3.12. The van der Waals surface area contributed by atoms with Crippen molar-refractivity contribution >= 4 is 5.82 Å². The van der Waals surface area contributed by atoms with Crippen LogP contribution in [-0.2, 0) is 0 Å². The molecule has 0 bridgehead atoms. The summed E-state index contributed by atoms with van der Waals surface area (Å²) in [6, 6.07) is 6.08. The van der Waals surface area contributed by atoms with Crippen LogP contribution in [0, 0.1) is 12.7 Å². The van der Waals surface area contributed by atoms with Crippen LogP contribution in [0.3, 0.4) is 0 Å². The molecule has 0 unspecified atom stereocenters. The van der Waals surface area contributed by atoms with Gasteiger partial charge in [-0.3, -0.25) is 0 Å². The van der Waals surface area contributed by atoms with Crippen LogP contribution < -0.4 is 10.1 Å². The van der Waals surface area contributed by atoms with E-state index in [1.807, 2.05) is 13.8 Å². The zero-order valence-electron chi connectivity index (χ0n) is 12.2. The summed E-state index contributed by atoms with van der Waals surface area (Å²) in [6.07, 6.45) is 2.24. The van der Waals surface area contributed by atoms with Crippen LogP contribution in [-0.4, -0.2) is 16.5 Å². The first-order chi connectivity index (χ1) is 10.2. The minimum atomic E-state index is -0.325. The van der Waals surface area contributed by atoms with Crippen LogP contribution >= 0.6 is 0 Å². The molecule has 0 spiro atoms. The van der Waals surface area contributed by atoms with Crippen LogP contribution in [0.2, 0.25) is 0 Å². The lowest BCUT2D eigenvalue weighted by atomic mass is 10.3. The quantitative estimate of drug-likeness (QED) is 0.902. The van der Waals surface area contributed by atoms with Crippen molar-refractivity contribution < 1.29 is 9.13 Å². The number of ether oxygens (including phenoxy) is 1. The first-order valence-corrected chi connectivity index (χ1v) is 7.23. The van der Waals surface area contributed by atoms with E-state index in [9.17, 15) is 4.39 Å². The van der Waals surface area contributed by atoms with Crippen LogP contribution in [0.15, 0.2) is 24.3 Å². The SMILES string of the molecule is CCNc1nc(C2CC2)nc(Oc2cccc(F)c2)c1C. The minimum Gasteiger partial charge on any atom is -0.438 e. The Labute approximate surface area is 123 Å². The molecule has 21 heavy (non-hydrogen) atoms. The number of aromatic nitrogens is 2. The average molecular weight is 287 g/mol. The molecule has 1 aromatic carbocycles. The summed E-state index contributed by atoms with van der Waals surface area (Å²) in [6.45, 7) is 4.70. The summed E-state index contributed by atoms with van der Waals surface area (Å²) in [7, 11) is 0. The molecule has 1 saturated carbocycles.